The Morgan fingerprint density at radius 3 is 2.18 bits per heavy atom. The van der Waals surface area contributed by atoms with E-state index in [2.05, 4.69) is 0 Å². The van der Waals surface area contributed by atoms with Gasteiger partial charge in [-0.1, -0.05) is 33.9 Å². The molecule has 0 radical (unpaired) electrons. The Balaban J connectivity index is 1.70. The first-order valence-electron chi connectivity index (χ1n) is 12.8. The number of nitrogens with zero attached hydrogens (tertiary/aromatic N) is 1. The fourth-order valence-electron chi connectivity index (χ4n) is 4.33. The van der Waals surface area contributed by atoms with Crippen molar-refractivity contribution in [2.24, 2.45) is 0 Å². The summed E-state index contributed by atoms with van der Waals surface area (Å²) in [7, 11) is -6.39. The Labute approximate surface area is 226 Å². The molecule has 39 heavy (non-hydrogen) atoms. The number of carbonyl (C=O) groups is 1. The molecule has 214 valence electrons. The predicted octanol–water partition coefficient (Wildman–Crippen LogP) is 8.01. The van der Waals surface area contributed by atoms with Crippen LogP contribution >= 0.6 is 0 Å². The number of amides is 1. The SMILES string of the molecule is CC(C)(C)[Si](C)(C)N(C(=O)c1cc(C2CC2)c(COc2cc(F)cc(C(F)(F)F)c2)cc1F)S(=N)(=O)C1CC1. The summed E-state index contributed by atoms with van der Waals surface area (Å²) in [6.45, 7) is 9.15. The third-order valence-corrected chi connectivity index (χ3v) is 17.0. The van der Waals surface area contributed by atoms with Crippen molar-refractivity contribution in [1.82, 2.24) is 3.97 Å². The van der Waals surface area contributed by atoms with Gasteiger partial charge in [-0.25, -0.2) is 17.8 Å². The molecule has 2 fully saturated rings. The number of nitrogens with one attached hydrogen (secondary N) is 1. The van der Waals surface area contributed by atoms with Gasteiger partial charge in [-0.15, -0.1) is 0 Å². The molecule has 0 bridgehead atoms. The van der Waals surface area contributed by atoms with Crippen LogP contribution < -0.4 is 4.74 Å². The van der Waals surface area contributed by atoms with E-state index in [-0.39, 0.29) is 23.8 Å². The number of carbonyl (C=O) groups excluding carboxylic acids is 1. The van der Waals surface area contributed by atoms with Gasteiger partial charge in [0, 0.05) is 6.07 Å². The summed E-state index contributed by atoms with van der Waals surface area (Å²) < 4.78 is 97.7. The van der Waals surface area contributed by atoms with Gasteiger partial charge < -0.3 is 4.74 Å². The van der Waals surface area contributed by atoms with Gasteiger partial charge in [-0.3, -0.25) is 8.77 Å². The van der Waals surface area contributed by atoms with Gasteiger partial charge >= 0.3 is 6.18 Å². The Hall–Kier alpha value is -2.47. The lowest BCUT2D eigenvalue weighted by molar-refractivity contribution is -0.137. The van der Waals surface area contributed by atoms with Crippen molar-refractivity contribution < 1.29 is 35.7 Å². The molecule has 1 N–H and O–H groups in total. The van der Waals surface area contributed by atoms with Crippen LogP contribution in [0.1, 0.15) is 79.4 Å². The third kappa shape index (κ3) is 6.01. The Bertz CT molecular complexity index is 1400. The number of alkyl halides is 3. The van der Waals surface area contributed by atoms with Crippen LogP contribution in [0.15, 0.2) is 30.3 Å². The molecule has 0 heterocycles. The minimum absolute atomic E-state index is 0.000828. The van der Waals surface area contributed by atoms with E-state index in [0.29, 0.717) is 36.1 Å². The first-order chi connectivity index (χ1) is 17.8. The number of halogens is 5. The van der Waals surface area contributed by atoms with E-state index >= 15 is 4.39 Å². The predicted molar refractivity (Wildman–Crippen MR) is 141 cm³/mol. The highest BCUT2D eigenvalue weighted by atomic mass is 32.2. The summed E-state index contributed by atoms with van der Waals surface area (Å²) in [5, 5.41) is -0.896. The number of hydrogen-bond donors (Lipinski definition) is 1. The minimum Gasteiger partial charge on any atom is -0.489 e. The summed E-state index contributed by atoms with van der Waals surface area (Å²) in [6.07, 6.45) is -2.08. The molecule has 1 atom stereocenters. The lowest BCUT2D eigenvalue weighted by Crippen LogP contribution is -2.60. The van der Waals surface area contributed by atoms with E-state index in [1.807, 2.05) is 33.9 Å². The first-order valence-corrected chi connectivity index (χ1v) is 17.3. The second kappa shape index (κ2) is 9.86. The van der Waals surface area contributed by atoms with Gasteiger partial charge in [0.1, 0.15) is 33.9 Å². The molecule has 0 spiro atoms. The average molecular weight is 589 g/mol. The van der Waals surface area contributed by atoms with Crippen molar-refractivity contribution in [3.05, 3.63) is 64.2 Å². The zero-order valence-electron chi connectivity index (χ0n) is 22.5. The summed E-state index contributed by atoms with van der Waals surface area (Å²) in [6, 6.07) is 4.37. The summed E-state index contributed by atoms with van der Waals surface area (Å²) in [4.78, 5) is 13.9. The molecule has 12 heteroatoms. The molecule has 2 aromatic rings. The second-order valence-corrected chi connectivity index (χ2v) is 19.5. The van der Waals surface area contributed by atoms with E-state index in [4.69, 9.17) is 9.52 Å². The molecule has 2 saturated carbocycles. The normalized spacial score (nSPS) is 18.0. The molecule has 0 aromatic heterocycles. The molecule has 2 aliphatic carbocycles. The molecule has 1 unspecified atom stereocenters. The monoisotopic (exact) mass is 588 g/mol. The highest BCUT2D eigenvalue weighted by Crippen LogP contribution is 2.46. The quantitative estimate of drug-likeness (QED) is 0.251. The summed E-state index contributed by atoms with van der Waals surface area (Å²) in [5.41, 5.74) is -0.550. The largest absolute Gasteiger partial charge is 0.489 e. The zero-order valence-corrected chi connectivity index (χ0v) is 24.4. The number of hydrogen-bond acceptors (Lipinski definition) is 4. The van der Waals surface area contributed by atoms with Gasteiger partial charge in [0.2, 0.25) is 0 Å². The van der Waals surface area contributed by atoms with Crippen molar-refractivity contribution in [1.29, 1.82) is 4.78 Å². The van der Waals surface area contributed by atoms with Crippen LogP contribution in [-0.4, -0.2) is 27.6 Å². The van der Waals surface area contributed by atoms with Crippen molar-refractivity contribution in [2.45, 2.75) is 88.5 Å². The first kappa shape index (κ1) is 29.5. The van der Waals surface area contributed by atoms with E-state index in [0.717, 1.165) is 25.0 Å². The van der Waals surface area contributed by atoms with Crippen LogP contribution in [-0.2, 0) is 22.7 Å². The molecule has 5 nitrogen and oxygen atoms in total. The lowest BCUT2D eigenvalue weighted by atomic mass is 9.99. The average Bonchev–Trinajstić information content (AvgIpc) is 3.67. The Kier molecular flexibility index (Phi) is 7.46. The summed E-state index contributed by atoms with van der Waals surface area (Å²) in [5.74, 6) is -3.14. The Morgan fingerprint density at radius 1 is 1.05 bits per heavy atom. The highest BCUT2D eigenvalue weighted by molar-refractivity contribution is 7.93. The van der Waals surface area contributed by atoms with E-state index in [1.54, 1.807) is 0 Å². The van der Waals surface area contributed by atoms with Gasteiger partial charge in [0.05, 0.1) is 16.4 Å². The summed E-state index contributed by atoms with van der Waals surface area (Å²) >= 11 is 0. The fourth-order valence-corrected chi connectivity index (χ4v) is 11.0. The van der Waals surface area contributed by atoms with Gasteiger partial charge in [0.15, 0.2) is 8.24 Å². The smallest absolute Gasteiger partial charge is 0.416 e. The van der Waals surface area contributed by atoms with Crippen molar-refractivity contribution in [3.8, 4) is 5.75 Å². The van der Waals surface area contributed by atoms with Crippen molar-refractivity contribution in [3.63, 3.8) is 0 Å². The van der Waals surface area contributed by atoms with Crippen LogP contribution in [0.5, 0.6) is 5.75 Å². The Morgan fingerprint density at radius 2 is 1.67 bits per heavy atom. The molecule has 4 rings (SSSR count). The van der Waals surface area contributed by atoms with Crippen LogP contribution in [0, 0.1) is 16.4 Å². The molecule has 2 aliphatic rings. The van der Waals surface area contributed by atoms with E-state index in [1.165, 1.54) is 10.0 Å². The molecule has 0 saturated heterocycles. The van der Waals surface area contributed by atoms with Crippen LogP contribution in [0.25, 0.3) is 0 Å². The van der Waals surface area contributed by atoms with Crippen molar-refractivity contribution >= 4 is 24.1 Å². The number of rotatable bonds is 8. The van der Waals surface area contributed by atoms with Gasteiger partial charge in [0.25, 0.3) is 5.91 Å². The maximum atomic E-state index is 15.6. The van der Waals surface area contributed by atoms with Gasteiger partial charge in [-0.2, -0.15) is 13.2 Å². The zero-order chi connectivity index (χ0) is 29.1. The molecular weight excluding hydrogens is 555 g/mol. The third-order valence-electron chi connectivity index (χ3n) is 7.84. The number of ether oxygens (including phenoxy) is 1. The lowest BCUT2D eigenvalue weighted by Gasteiger charge is -2.46. The minimum atomic E-state index is -4.76. The van der Waals surface area contributed by atoms with Crippen LogP contribution in [0.3, 0.4) is 0 Å². The topological polar surface area (TPSA) is 70.5 Å². The van der Waals surface area contributed by atoms with Crippen LogP contribution in [0.4, 0.5) is 22.0 Å². The molecule has 0 aliphatic heterocycles. The van der Waals surface area contributed by atoms with Gasteiger partial charge in [-0.05, 0) is 72.0 Å². The maximum absolute atomic E-state index is 15.6. The van der Waals surface area contributed by atoms with E-state index < -0.39 is 57.7 Å². The standard InChI is InChI=1S/C27H33F5N2O3SSi/c1-26(2,3)39(4,5)34(38(33,36)21-8-9-21)25(35)23-14-22(16-6-7-16)17(10-24(23)29)15-37-20-12-18(27(30,31)32)11-19(28)13-20/h10-14,16,21,33H,6-9,15H2,1-5H3. The molecular formula is C27H33F5N2O3SSi. The van der Waals surface area contributed by atoms with E-state index in [9.17, 15) is 26.6 Å². The maximum Gasteiger partial charge on any atom is 0.416 e. The highest BCUT2D eigenvalue weighted by Gasteiger charge is 2.52. The van der Waals surface area contributed by atoms with Crippen molar-refractivity contribution in [2.75, 3.05) is 0 Å². The fraction of sp³-hybridized carbons (Fsp3) is 0.519. The second-order valence-electron chi connectivity index (χ2n) is 11.9. The van der Waals surface area contributed by atoms with Crippen LogP contribution in [0.2, 0.25) is 18.1 Å². The molecule has 1 amide bonds. The number of benzene rings is 2. The molecule has 2 aromatic carbocycles.